The van der Waals surface area contributed by atoms with Crippen LogP contribution in [0.4, 0.5) is 10.1 Å². The summed E-state index contributed by atoms with van der Waals surface area (Å²) in [6.45, 7) is 2.83. The minimum Gasteiger partial charge on any atom is -0.494 e. The zero-order valence-electron chi connectivity index (χ0n) is 15.1. The molecule has 4 nitrogen and oxygen atoms in total. The number of ether oxygens (including phenoxy) is 1. The monoisotopic (exact) mass is 408 g/mol. The van der Waals surface area contributed by atoms with E-state index in [0.29, 0.717) is 17.9 Å². The van der Waals surface area contributed by atoms with Gasteiger partial charge in [0, 0.05) is 11.3 Å². The third-order valence-corrected chi connectivity index (χ3v) is 4.28. The lowest BCUT2D eigenvalue weighted by atomic mass is 10.2. The number of unbranched alkanes of at least 4 members (excludes halogenated alkanes) is 3. The van der Waals surface area contributed by atoms with Crippen molar-refractivity contribution in [3.05, 3.63) is 58.9 Å². The van der Waals surface area contributed by atoms with Gasteiger partial charge in [0.25, 0.3) is 5.91 Å². The molecule has 0 spiro atoms. The number of thiocarbonyl (C=S) groups is 1. The molecule has 0 aromatic heterocycles. The lowest BCUT2D eigenvalue weighted by molar-refractivity contribution is 0.0977. The molecule has 0 aliphatic heterocycles. The number of benzene rings is 2. The fourth-order valence-electron chi connectivity index (χ4n) is 2.33. The summed E-state index contributed by atoms with van der Waals surface area (Å²) >= 11 is 10.8. The van der Waals surface area contributed by atoms with Crippen molar-refractivity contribution < 1.29 is 13.9 Å². The van der Waals surface area contributed by atoms with Gasteiger partial charge in [-0.15, -0.1) is 0 Å². The van der Waals surface area contributed by atoms with E-state index in [1.54, 1.807) is 24.3 Å². The van der Waals surface area contributed by atoms with Gasteiger partial charge >= 0.3 is 0 Å². The number of carbonyl (C=O) groups excluding carboxylic acids is 1. The van der Waals surface area contributed by atoms with Crippen molar-refractivity contribution in [3.8, 4) is 5.75 Å². The Bertz CT molecular complexity index is 784. The van der Waals surface area contributed by atoms with Crippen molar-refractivity contribution in [2.75, 3.05) is 11.9 Å². The van der Waals surface area contributed by atoms with Crippen LogP contribution in [0.1, 0.15) is 43.0 Å². The molecule has 0 aliphatic carbocycles. The maximum Gasteiger partial charge on any atom is 0.257 e. The number of halogens is 2. The molecular weight excluding hydrogens is 387 g/mol. The van der Waals surface area contributed by atoms with Crippen LogP contribution in [0, 0.1) is 5.82 Å². The fraction of sp³-hybridized carbons (Fsp3) is 0.300. The Morgan fingerprint density at radius 2 is 1.89 bits per heavy atom. The fourth-order valence-corrected chi connectivity index (χ4v) is 2.72. The quantitative estimate of drug-likeness (QED) is 0.443. The Morgan fingerprint density at radius 3 is 2.56 bits per heavy atom. The van der Waals surface area contributed by atoms with Crippen LogP contribution in [-0.2, 0) is 0 Å². The SMILES string of the molecule is CCCCCCOc1ccc(C(=O)NC(=S)Nc2ccc(F)c(Cl)c2)cc1. The minimum absolute atomic E-state index is 0.0283. The predicted molar refractivity (Wildman–Crippen MR) is 111 cm³/mol. The van der Waals surface area contributed by atoms with E-state index in [2.05, 4.69) is 17.6 Å². The Kier molecular flexibility index (Phi) is 8.48. The Hall–Kier alpha value is -2.18. The summed E-state index contributed by atoms with van der Waals surface area (Å²) < 4.78 is 18.8. The normalized spacial score (nSPS) is 10.3. The van der Waals surface area contributed by atoms with Crippen molar-refractivity contribution in [2.24, 2.45) is 0 Å². The number of amides is 1. The smallest absolute Gasteiger partial charge is 0.257 e. The molecule has 2 aromatic rings. The van der Waals surface area contributed by atoms with E-state index in [0.717, 1.165) is 18.6 Å². The highest BCUT2D eigenvalue weighted by molar-refractivity contribution is 7.80. The molecule has 0 heterocycles. The van der Waals surface area contributed by atoms with Crippen molar-refractivity contribution in [1.82, 2.24) is 5.32 Å². The van der Waals surface area contributed by atoms with Gasteiger partial charge in [0.15, 0.2) is 5.11 Å². The lowest BCUT2D eigenvalue weighted by Crippen LogP contribution is -2.34. The number of hydrogen-bond acceptors (Lipinski definition) is 3. The first-order valence-electron chi connectivity index (χ1n) is 8.80. The second-order valence-electron chi connectivity index (χ2n) is 5.97. The molecule has 0 saturated heterocycles. The van der Waals surface area contributed by atoms with E-state index in [4.69, 9.17) is 28.6 Å². The highest BCUT2D eigenvalue weighted by atomic mass is 35.5. The van der Waals surface area contributed by atoms with Crippen LogP contribution >= 0.6 is 23.8 Å². The summed E-state index contributed by atoms with van der Waals surface area (Å²) in [4.78, 5) is 12.2. The van der Waals surface area contributed by atoms with E-state index >= 15 is 0 Å². The second-order valence-corrected chi connectivity index (χ2v) is 6.79. The van der Waals surface area contributed by atoms with Gasteiger partial charge < -0.3 is 10.1 Å². The highest BCUT2D eigenvalue weighted by Gasteiger charge is 2.09. The molecule has 0 atom stereocenters. The molecule has 0 radical (unpaired) electrons. The van der Waals surface area contributed by atoms with Crippen LogP contribution in [0.3, 0.4) is 0 Å². The maximum absolute atomic E-state index is 13.2. The standard InChI is InChI=1S/C20H22ClFN2O2S/c1-2-3-4-5-12-26-16-9-6-14(7-10-16)19(25)24-20(27)23-15-8-11-18(22)17(21)13-15/h6-11,13H,2-5,12H2,1H3,(H2,23,24,25,27). The third kappa shape index (κ3) is 7.15. The average Bonchev–Trinajstić information content (AvgIpc) is 2.65. The predicted octanol–water partition coefficient (Wildman–Crippen LogP) is 5.57. The molecule has 1 amide bonds. The van der Waals surface area contributed by atoms with E-state index in [9.17, 15) is 9.18 Å². The van der Waals surface area contributed by atoms with E-state index in [1.165, 1.54) is 31.0 Å². The number of anilines is 1. The molecule has 2 rings (SSSR count). The number of rotatable bonds is 8. The summed E-state index contributed by atoms with van der Waals surface area (Å²) in [5.41, 5.74) is 0.938. The van der Waals surface area contributed by atoms with Gasteiger partial charge in [-0.1, -0.05) is 37.8 Å². The molecule has 0 aliphatic rings. The molecule has 144 valence electrons. The van der Waals surface area contributed by atoms with Crippen LogP contribution in [-0.4, -0.2) is 17.6 Å². The summed E-state index contributed by atoms with van der Waals surface area (Å²) in [7, 11) is 0. The molecule has 2 N–H and O–H groups in total. The van der Waals surface area contributed by atoms with Gasteiger partial charge in [-0.25, -0.2) is 4.39 Å². The van der Waals surface area contributed by atoms with Gasteiger partial charge in [-0.05, 0) is 61.1 Å². The van der Waals surface area contributed by atoms with Crippen LogP contribution in [0.2, 0.25) is 5.02 Å². The van der Waals surface area contributed by atoms with Crippen LogP contribution in [0.25, 0.3) is 0 Å². The van der Waals surface area contributed by atoms with Crippen molar-refractivity contribution in [2.45, 2.75) is 32.6 Å². The van der Waals surface area contributed by atoms with Crippen LogP contribution in [0.5, 0.6) is 5.75 Å². The highest BCUT2D eigenvalue weighted by Crippen LogP contribution is 2.19. The molecule has 7 heteroatoms. The molecule has 0 bridgehead atoms. The van der Waals surface area contributed by atoms with Gasteiger partial charge in [0.1, 0.15) is 11.6 Å². The summed E-state index contributed by atoms with van der Waals surface area (Å²) in [6, 6.07) is 10.9. The third-order valence-electron chi connectivity index (χ3n) is 3.79. The topological polar surface area (TPSA) is 50.4 Å². The van der Waals surface area contributed by atoms with Crippen LogP contribution < -0.4 is 15.4 Å². The Labute approximate surface area is 169 Å². The summed E-state index contributed by atoms with van der Waals surface area (Å²) in [5, 5.41) is 5.43. The van der Waals surface area contributed by atoms with Crippen LogP contribution in [0.15, 0.2) is 42.5 Å². The average molecular weight is 409 g/mol. The zero-order valence-corrected chi connectivity index (χ0v) is 16.6. The first-order valence-corrected chi connectivity index (χ1v) is 9.58. The van der Waals surface area contributed by atoms with Gasteiger partial charge in [-0.3, -0.25) is 10.1 Å². The van der Waals surface area contributed by atoms with E-state index in [-0.39, 0.29) is 16.0 Å². The summed E-state index contributed by atoms with van der Waals surface area (Å²) in [6.07, 6.45) is 4.57. The Balaban J connectivity index is 1.82. The zero-order chi connectivity index (χ0) is 19.6. The maximum atomic E-state index is 13.2. The molecule has 0 saturated carbocycles. The van der Waals surface area contributed by atoms with Crippen molar-refractivity contribution in [1.29, 1.82) is 0 Å². The minimum atomic E-state index is -0.523. The molecular formula is C20H22ClFN2O2S. The first-order chi connectivity index (χ1) is 13.0. The number of nitrogens with one attached hydrogen (secondary N) is 2. The van der Waals surface area contributed by atoms with E-state index < -0.39 is 5.82 Å². The second kappa shape index (κ2) is 10.8. The van der Waals surface area contributed by atoms with Gasteiger partial charge in [0.2, 0.25) is 0 Å². The molecule has 2 aromatic carbocycles. The van der Waals surface area contributed by atoms with Crippen molar-refractivity contribution >= 4 is 40.5 Å². The largest absolute Gasteiger partial charge is 0.494 e. The molecule has 0 fully saturated rings. The molecule has 27 heavy (non-hydrogen) atoms. The van der Waals surface area contributed by atoms with Gasteiger partial charge in [0.05, 0.1) is 11.6 Å². The summed E-state index contributed by atoms with van der Waals surface area (Å²) in [5.74, 6) is -0.148. The van der Waals surface area contributed by atoms with E-state index in [1.807, 2.05) is 0 Å². The number of hydrogen-bond donors (Lipinski definition) is 2. The van der Waals surface area contributed by atoms with Crippen molar-refractivity contribution in [3.63, 3.8) is 0 Å². The van der Waals surface area contributed by atoms with Gasteiger partial charge in [-0.2, -0.15) is 0 Å². The Morgan fingerprint density at radius 1 is 1.15 bits per heavy atom. The first kappa shape index (κ1) is 21.1. The molecule has 0 unspecified atom stereocenters. The lowest BCUT2D eigenvalue weighted by Gasteiger charge is -2.11. The number of carbonyl (C=O) groups is 1.